The van der Waals surface area contributed by atoms with E-state index in [2.05, 4.69) is 0 Å². The molecule has 2 unspecified atom stereocenters. The van der Waals surface area contributed by atoms with Crippen LogP contribution in [0.1, 0.15) is 41.0 Å². The second-order valence-corrected chi connectivity index (χ2v) is 6.74. The van der Waals surface area contributed by atoms with Crippen LogP contribution in [-0.4, -0.2) is 53.5 Å². The molecule has 2 aliphatic rings. The molecule has 2 aliphatic heterocycles. The van der Waals surface area contributed by atoms with Gasteiger partial charge in [0, 0.05) is 6.42 Å². The molecular weight excluding hydrogens is 262 g/mol. The van der Waals surface area contributed by atoms with E-state index in [0.717, 1.165) is 6.29 Å². The van der Waals surface area contributed by atoms with Gasteiger partial charge in [-0.05, 0) is 34.6 Å². The molecule has 0 aromatic heterocycles. The van der Waals surface area contributed by atoms with Crippen molar-refractivity contribution in [2.24, 2.45) is 0 Å². The van der Waals surface area contributed by atoms with E-state index in [1.807, 2.05) is 34.6 Å². The van der Waals surface area contributed by atoms with Crippen molar-refractivity contribution in [3.8, 4) is 0 Å². The number of nitrogens with zero attached hydrogens (tertiary/aromatic N) is 1. The molecule has 6 nitrogen and oxygen atoms in total. The summed E-state index contributed by atoms with van der Waals surface area (Å²) in [5.74, 6) is -0.670. The highest BCUT2D eigenvalue weighted by atomic mass is 16.8. The van der Waals surface area contributed by atoms with E-state index < -0.39 is 17.5 Å². The van der Waals surface area contributed by atoms with Crippen molar-refractivity contribution in [1.82, 2.24) is 4.90 Å². The average molecular weight is 285 g/mol. The van der Waals surface area contributed by atoms with Gasteiger partial charge in [-0.2, -0.15) is 0 Å². The van der Waals surface area contributed by atoms with Crippen LogP contribution < -0.4 is 0 Å². The summed E-state index contributed by atoms with van der Waals surface area (Å²) in [6, 6.07) is -0.325. The fraction of sp³-hybridized carbons (Fsp3) is 0.857. The third kappa shape index (κ3) is 3.12. The molecule has 2 rings (SSSR count). The van der Waals surface area contributed by atoms with Crippen molar-refractivity contribution in [2.75, 3.05) is 6.54 Å². The third-order valence-electron chi connectivity index (χ3n) is 3.34. The number of likely N-dealkylation sites (tertiary alicyclic amines) is 1. The molecule has 0 aromatic carbocycles. The van der Waals surface area contributed by atoms with Gasteiger partial charge in [-0.15, -0.1) is 0 Å². The van der Waals surface area contributed by atoms with E-state index in [-0.39, 0.29) is 24.7 Å². The fourth-order valence-corrected chi connectivity index (χ4v) is 2.73. The first-order valence-corrected chi connectivity index (χ1v) is 6.92. The lowest BCUT2D eigenvalue weighted by molar-refractivity contribution is -0.161. The molecule has 0 aromatic rings. The van der Waals surface area contributed by atoms with Crippen LogP contribution in [0.25, 0.3) is 0 Å². The number of aldehydes is 1. The molecule has 0 N–H and O–H groups in total. The highest BCUT2D eigenvalue weighted by Gasteiger charge is 2.54. The van der Waals surface area contributed by atoms with Crippen molar-refractivity contribution in [1.29, 1.82) is 0 Å². The van der Waals surface area contributed by atoms with Crippen molar-refractivity contribution < 1.29 is 23.8 Å². The van der Waals surface area contributed by atoms with Gasteiger partial charge >= 0.3 is 6.09 Å². The Morgan fingerprint density at radius 1 is 1.40 bits per heavy atom. The maximum atomic E-state index is 12.2. The highest BCUT2D eigenvalue weighted by molar-refractivity contribution is 5.70. The Labute approximate surface area is 119 Å². The maximum absolute atomic E-state index is 12.2. The van der Waals surface area contributed by atoms with E-state index in [1.165, 1.54) is 0 Å². The topological polar surface area (TPSA) is 65.1 Å². The number of hydrogen-bond acceptors (Lipinski definition) is 5. The van der Waals surface area contributed by atoms with Gasteiger partial charge in [0.05, 0.1) is 12.6 Å². The molecular formula is C14H23NO5. The lowest BCUT2D eigenvalue weighted by Crippen LogP contribution is -2.44. The van der Waals surface area contributed by atoms with Gasteiger partial charge in [0.2, 0.25) is 0 Å². The number of fused-ring (bicyclic) bond motifs is 1. The van der Waals surface area contributed by atoms with Crippen LogP contribution in [-0.2, 0) is 19.0 Å². The minimum Gasteiger partial charge on any atom is -0.444 e. The third-order valence-corrected chi connectivity index (χ3v) is 3.34. The predicted molar refractivity (Wildman–Crippen MR) is 71.2 cm³/mol. The standard InChI is InChI=1S/C14H23NO5/c1-13(2,3)20-12(17)15-8-10-11(9(15)6-7-16)19-14(4,5)18-10/h7,9-11H,6,8H2,1-5H3/t9-,10?,11?/m0/s1. The zero-order chi connectivity index (χ0) is 15.1. The molecule has 3 atom stereocenters. The van der Waals surface area contributed by atoms with Crippen LogP contribution in [0.3, 0.4) is 0 Å². The first-order valence-electron chi connectivity index (χ1n) is 6.92. The summed E-state index contributed by atoms with van der Waals surface area (Å²) < 4.78 is 17.0. The predicted octanol–water partition coefficient (Wildman–Crippen LogP) is 1.71. The molecule has 0 bridgehead atoms. The SMILES string of the molecule is CC(C)(C)OC(=O)N1CC2OC(C)(C)OC2[C@@H]1CC=O. The Balaban J connectivity index is 2.11. The summed E-state index contributed by atoms with van der Waals surface area (Å²) in [5, 5.41) is 0. The number of rotatable bonds is 2. The summed E-state index contributed by atoms with van der Waals surface area (Å²) in [6.45, 7) is 9.50. The Bertz CT molecular complexity index is 401. The van der Waals surface area contributed by atoms with Crippen LogP contribution in [0.15, 0.2) is 0 Å². The van der Waals surface area contributed by atoms with Gasteiger partial charge in [0.25, 0.3) is 0 Å². The monoisotopic (exact) mass is 285 g/mol. The Morgan fingerprint density at radius 3 is 2.60 bits per heavy atom. The van der Waals surface area contributed by atoms with Crippen molar-refractivity contribution in [3.05, 3.63) is 0 Å². The average Bonchev–Trinajstić information content (AvgIpc) is 2.70. The Hall–Kier alpha value is -1.14. The molecule has 2 saturated heterocycles. The quantitative estimate of drug-likeness (QED) is 0.723. The minimum atomic E-state index is -0.670. The molecule has 1 amide bonds. The first-order chi connectivity index (χ1) is 9.13. The smallest absolute Gasteiger partial charge is 0.410 e. The molecule has 20 heavy (non-hydrogen) atoms. The second-order valence-electron chi connectivity index (χ2n) is 6.74. The zero-order valence-corrected chi connectivity index (χ0v) is 12.7. The van der Waals surface area contributed by atoms with Crippen LogP contribution in [0, 0.1) is 0 Å². The van der Waals surface area contributed by atoms with Crippen molar-refractivity contribution >= 4 is 12.4 Å². The van der Waals surface area contributed by atoms with Crippen LogP contribution in [0.5, 0.6) is 0 Å². The lowest BCUT2D eigenvalue weighted by Gasteiger charge is -2.30. The normalized spacial score (nSPS) is 32.0. The maximum Gasteiger partial charge on any atom is 0.410 e. The van der Waals surface area contributed by atoms with Gasteiger partial charge in [-0.25, -0.2) is 4.79 Å². The molecule has 0 aliphatic carbocycles. The van der Waals surface area contributed by atoms with Gasteiger partial charge in [0.15, 0.2) is 5.79 Å². The summed E-state index contributed by atoms with van der Waals surface area (Å²) in [6.07, 6.45) is 0.118. The number of ether oxygens (including phenoxy) is 3. The van der Waals surface area contributed by atoms with Crippen LogP contribution in [0.4, 0.5) is 4.79 Å². The fourth-order valence-electron chi connectivity index (χ4n) is 2.73. The molecule has 0 saturated carbocycles. The Morgan fingerprint density at radius 2 is 2.05 bits per heavy atom. The van der Waals surface area contributed by atoms with E-state index in [4.69, 9.17) is 14.2 Å². The largest absolute Gasteiger partial charge is 0.444 e. The first kappa shape index (κ1) is 15.3. The minimum absolute atomic E-state index is 0.206. The van der Waals surface area contributed by atoms with E-state index >= 15 is 0 Å². The van der Waals surface area contributed by atoms with Gasteiger partial charge < -0.3 is 19.0 Å². The lowest BCUT2D eigenvalue weighted by atomic mass is 10.1. The number of hydrogen-bond donors (Lipinski definition) is 0. The zero-order valence-electron chi connectivity index (χ0n) is 12.7. The van der Waals surface area contributed by atoms with Crippen molar-refractivity contribution in [3.63, 3.8) is 0 Å². The number of amides is 1. The molecule has 114 valence electrons. The Kier molecular flexibility index (Phi) is 3.81. The molecule has 2 fully saturated rings. The molecule has 6 heteroatoms. The molecule has 0 radical (unpaired) electrons. The van der Waals surface area contributed by atoms with E-state index in [0.29, 0.717) is 6.54 Å². The second kappa shape index (κ2) is 5.00. The van der Waals surface area contributed by atoms with Crippen molar-refractivity contribution in [2.45, 2.75) is 70.7 Å². The summed E-state index contributed by atoms with van der Waals surface area (Å²) >= 11 is 0. The molecule has 0 spiro atoms. The van der Waals surface area contributed by atoms with Gasteiger partial charge in [-0.3, -0.25) is 4.90 Å². The van der Waals surface area contributed by atoms with Gasteiger partial charge in [-0.1, -0.05) is 0 Å². The number of carbonyl (C=O) groups is 2. The van der Waals surface area contributed by atoms with E-state index in [9.17, 15) is 9.59 Å². The molecule has 2 heterocycles. The summed E-state index contributed by atoms with van der Waals surface area (Å²) in [7, 11) is 0. The number of carbonyl (C=O) groups excluding carboxylic acids is 2. The summed E-state index contributed by atoms with van der Waals surface area (Å²) in [4.78, 5) is 24.7. The highest BCUT2D eigenvalue weighted by Crippen LogP contribution is 2.38. The van der Waals surface area contributed by atoms with Crippen LogP contribution in [0.2, 0.25) is 0 Å². The summed E-state index contributed by atoms with van der Waals surface area (Å²) in [5.41, 5.74) is -0.568. The van der Waals surface area contributed by atoms with Gasteiger partial charge in [0.1, 0.15) is 24.1 Å². The van der Waals surface area contributed by atoms with Crippen LogP contribution >= 0.6 is 0 Å². The van der Waals surface area contributed by atoms with E-state index in [1.54, 1.807) is 4.90 Å².